The van der Waals surface area contributed by atoms with Gasteiger partial charge in [-0.15, -0.1) is 0 Å². The van der Waals surface area contributed by atoms with Crippen molar-refractivity contribution in [2.45, 2.75) is 51.0 Å². The number of benzene rings is 1. The maximum Gasteiger partial charge on any atom is 0.351 e. The van der Waals surface area contributed by atoms with Crippen LogP contribution < -0.4 is 16.3 Å². The summed E-state index contributed by atoms with van der Waals surface area (Å²) < 4.78 is 11.7. The molecule has 2 heterocycles. The molecule has 2 aromatic rings. The molecule has 0 spiro atoms. The highest BCUT2D eigenvalue weighted by molar-refractivity contribution is 5.96. The van der Waals surface area contributed by atoms with Gasteiger partial charge >= 0.3 is 11.7 Å². The molecule has 1 aromatic heterocycles. The molecule has 1 aliphatic heterocycles. The van der Waals surface area contributed by atoms with E-state index in [0.717, 1.165) is 11.7 Å². The lowest BCUT2D eigenvalue weighted by Gasteiger charge is -2.17. The van der Waals surface area contributed by atoms with Gasteiger partial charge in [0.1, 0.15) is 17.7 Å². The number of phenolic OH excluding ortho intramolecular Hbond substituents is 1. The molecular formula is C24H32N4O9. The fraction of sp³-hybridized carbons (Fsp3) is 0.458. The number of aliphatic hydroxyl groups is 2. The minimum Gasteiger partial charge on any atom is -0.507 e. The van der Waals surface area contributed by atoms with Crippen molar-refractivity contribution in [2.75, 3.05) is 25.6 Å². The van der Waals surface area contributed by atoms with Crippen LogP contribution in [0.25, 0.3) is 0 Å². The molecule has 1 aliphatic rings. The molecule has 0 radical (unpaired) electrons. The average molecular weight is 521 g/mol. The normalized spacial score (nSPS) is 18.3. The number of aromatic hydroxyl groups is 1. The van der Waals surface area contributed by atoms with Gasteiger partial charge < -0.3 is 35.4 Å². The molecule has 37 heavy (non-hydrogen) atoms. The van der Waals surface area contributed by atoms with Gasteiger partial charge in [-0.3, -0.25) is 19.0 Å². The molecule has 0 saturated carbocycles. The maximum absolute atomic E-state index is 12.2. The number of nitrogens with one attached hydrogen (secondary N) is 2. The van der Waals surface area contributed by atoms with E-state index in [1.807, 2.05) is 0 Å². The molecule has 3 atom stereocenters. The van der Waals surface area contributed by atoms with Crippen LogP contribution in [0.4, 0.5) is 5.82 Å². The van der Waals surface area contributed by atoms with Crippen molar-refractivity contribution in [1.82, 2.24) is 14.9 Å². The molecule has 2 amide bonds. The number of esters is 1. The number of hydrogen-bond donors (Lipinski definition) is 5. The number of phenols is 1. The Morgan fingerprint density at radius 2 is 1.92 bits per heavy atom. The fourth-order valence-electron chi connectivity index (χ4n) is 3.48. The third kappa shape index (κ3) is 8.97. The van der Waals surface area contributed by atoms with Crippen LogP contribution in [0.5, 0.6) is 5.75 Å². The number of aliphatic hydroxyl groups excluding tert-OH is 2. The second kappa shape index (κ2) is 14.7. The molecule has 3 unspecified atom stereocenters. The SMILES string of the molecule is CC1CC(O)C(n2ccc(NC(=O)CCC(=O)OCCCNC(=O)c3ccccc3O)nc2=O)O1.CO. The van der Waals surface area contributed by atoms with E-state index in [2.05, 4.69) is 15.6 Å². The van der Waals surface area contributed by atoms with Crippen LogP contribution in [0.2, 0.25) is 0 Å². The van der Waals surface area contributed by atoms with Gasteiger partial charge in [-0.2, -0.15) is 4.98 Å². The summed E-state index contributed by atoms with van der Waals surface area (Å²) >= 11 is 0. The standard InChI is InChI=1S/C23H28N4O8.CH4O/c1-14-13-17(29)22(35-14)27-11-9-18(26-23(27)33)25-19(30)7-8-20(31)34-12-4-10-24-21(32)15-5-2-3-6-16(15)28;1-2/h2-3,5-6,9,11,14,17,22,28-29H,4,7-8,10,12-13H2,1H3,(H,24,32)(H,25,26,30,33);2H,1H3. The van der Waals surface area contributed by atoms with Crippen molar-refractivity contribution >= 4 is 23.6 Å². The first kappa shape index (κ1) is 29.4. The first-order chi connectivity index (χ1) is 17.7. The zero-order valence-corrected chi connectivity index (χ0v) is 20.6. The largest absolute Gasteiger partial charge is 0.507 e. The number of para-hydroxylation sites is 1. The maximum atomic E-state index is 12.2. The number of hydrogen-bond acceptors (Lipinski definition) is 10. The minimum atomic E-state index is -0.830. The number of aromatic nitrogens is 2. The van der Waals surface area contributed by atoms with Crippen molar-refractivity contribution in [1.29, 1.82) is 0 Å². The van der Waals surface area contributed by atoms with Crippen LogP contribution in [-0.2, 0) is 19.1 Å². The van der Waals surface area contributed by atoms with Crippen molar-refractivity contribution in [3.63, 3.8) is 0 Å². The first-order valence-electron chi connectivity index (χ1n) is 11.6. The number of carbonyl (C=O) groups excluding carboxylic acids is 3. The van der Waals surface area contributed by atoms with Crippen molar-refractivity contribution < 1.29 is 39.2 Å². The highest BCUT2D eigenvalue weighted by Crippen LogP contribution is 2.27. The molecular weight excluding hydrogens is 488 g/mol. The van der Waals surface area contributed by atoms with E-state index in [-0.39, 0.29) is 49.2 Å². The predicted octanol–water partition coefficient (Wildman–Crippen LogP) is 0.308. The molecule has 13 heteroatoms. The number of amides is 2. The summed E-state index contributed by atoms with van der Waals surface area (Å²) in [6.45, 7) is 2.08. The summed E-state index contributed by atoms with van der Waals surface area (Å²) in [5.74, 6) is -1.65. The summed E-state index contributed by atoms with van der Waals surface area (Å²) in [7, 11) is 1.00. The molecule has 1 aromatic carbocycles. The van der Waals surface area contributed by atoms with E-state index in [1.165, 1.54) is 24.4 Å². The van der Waals surface area contributed by atoms with E-state index in [0.29, 0.717) is 12.8 Å². The van der Waals surface area contributed by atoms with E-state index in [1.54, 1.807) is 19.1 Å². The van der Waals surface area contributed by atoms with Crippen LogP contribution in [0.15, 0.2) is 41.3 Å². The lowest BCUT2D eigenvalue weighted by atomic mass is 10.2. The summed E-state index contributed by atoms with van der Waals surface area (Å²) in [5.41, 5.74) is -0.531. The summed E-state index contributed by atoms with van der Waals surface area (Å²) in [5, 5.41) is 31.7. The first-order valence-corrected chi connectivity index (χ1v) is 11.6. The Balaban J connectivity index is 0.00000235. The topological polar surface area (TPSA) is 189 Å². The van der Waals surface area contributed by atoms with E-state index in [4.69, 9.17) is 14.6 Å². The van der Waals surface area contributed by atoms with Gasteiger partial charge in [0, 0.05) is 32.7 Å². The lowest BCUT2D eigenvalue weighted by Crippen LogP contribution is -2.32. The smallest absolute Gasteiger partial charge is 0.351 e. The minimum absolute atomic E-state index is 0.0188. The van der Waals surface area contributed by atoms with Crippen LogP contribution in [-0.4, -0.2) is 75.1 Å². The fourth-order valence-corrected chi connectivity index (χ4v) is 3.48. The Kier molecular flexibility index (Phi) is 11.7. The molecule has 0 bridgehead atoms. The van der Waals surface area contributed by atoms with Crippen molar-refractivity contribution in [2.24, 2.45) is 0 Å². The molecule has 13 nitrogen and oxygen atoms in total. The van der Waals surface area contributed by atoms with Crippen LogP contribution in [0.3, 0.4) is 0 Å². The number of ether oxygens (including phenoxy) is 2. The Hall–Kier alpha value is -3.81. The second-order valence-electron chi connectivity index (χ2n) is 8.04. The van der Waals surface area contributed by atoms with E-state index in [9.17, 15) is 29.4 Å². The van der Waals surface area contributed by atoms with Gasteiger partial charge in [-0.25, -0.2) is 4.79 Å². The van der Waals surface area contributed by atoms with Crippen LogP contribution in [0, 0.1) is 0 Å². The van der Waals surface area contributed by atoms with Crippen LogP contribution in [0.1, 0.15) is 49.2 Å². The van der Waals surface area contributed by atoms with E-state index >= 15 is 0 Å². The number of carbonyl (C=O) groups is 3. The highest BCUT2D eigenvalue weighted by Gasteiger charge is 2.33. The molecule has 202 valence electrons. The molecule has 1 fully saturated rings. The second-order valence-corrected chi connectivity index (χ2v) is 8.04. The number of rotatable bonds is 10. The third-order valence-electron chi connectivity index (χ3n) is 5.22. The molecule has 0 aliphatic carbocycles. The van der Waals surface area contributed by atoms with Gasteiger partial charge in [-0.05, 0) is 31.5 Å². The summed E-state index contributed by atoms with van der Waals surface area (Å²) in [6.07, 6.45) is -0.0589. The van der Waals surface area contributed by atoms with Gasteiger partial charge in [0.2, 0.25) is 5.91 Å². The summed E-state index contributed by atoms with van der Waals surface area (Å²) in [6, 6.07) is 7.55. The van der Waals surface area contributed by atoms with Crippen LogP contribution >= 0.6 is 0 Å². The quantitative estimate of drug-likeness (QED) is 0.215. The molecule has 5 N–H and O–H groups in total. The van der Waals surface area contributed by atoms with Gasteiger partial charge in [0.05, 0.1) is 24.7 Å². The number of nitrogens with zero attached hydrogens (tertiary/aromatic N) is 2. The zero-order valence-electron chi connectivity index (χ0n) is 20.6. The van der Waals surface area contributed by atoms with Gasteiger partial charge in [-0.1, -0.05) is 12.1 Å². The Morgan fingerprint density at radius 1 is 1.19 bits per heavy atom. The lowest BCUT2D eigenvalue weighted by molar-refractivity contribution is -0.144. The van der Waals surface area contributed by atoms with Crippen molar-refractivity contribution in [3.8, 4) is 5.75 Å². The van der Waals surface area contributed by atoms with Gasteiger partial charge in [0.15, 0.2) is 6.23 Å². The summed E-state index contributed by atoms with van der Waals surface area (Å²) in [4.78, 5) is 51.9. The zero-order chi connectivity index (χ0) is 27.4. The Morgan fingerprint density at radius 3 is 2.57 bits per heavy atom. The number of anilines is 1. The molecule has 3 rings (SSSR count). The Bertz CT molecular complexity index is 1120. The van der Waals surface area contributed by atoms with E-state index < -0.39 is 35.8 Å². The Labute approximate surface area is 213 Å². The van der Waals surface area contributed by atoms with Gasteiger partial charge in [0.25, 0.3) is 5.91 Å². The molecule has 1 saturated heterocycles. The monoisotopic (exact) mass is 520 g/mol. The predicted molar refractivity (Wildman–Crippen MR) is 131 cm³/mol. The average Bonchev–Trinajstić information content (AvgIpc) is 3.21. The third-order valence-corrected chi connectivity index (χ3v) is 5.22. The highest BCUT2D eigenvalue weighted by atomic mass is 16.5. The van der Waals surface area contributed by atoms with Crippen molar-refractivity contribution in [3.05, 3.63) is 52.6 Å².